The summed E-state index contributed by atoms with van der Waals surface area (Å²) < 4.78 is 0. The fraction of sp³-hybridized carbons (Fsp3) is 0.526. The molecule has 5 nitrogen and oxygen atoms in total. The van der Waals surface area contributed by atoms with Gasteiger partial charge in [-0.3, -0.25) is 9.59 Å². The molecule has 0 aromatic heterocycles. The van der Waals surface area contributed by atoms with E-state index in [0.717, 1.165) is 30.5 Å². The van der Waals surface area contributed by atoms with Crippen LogP contribution in [0.2, 0.25) is 0 Å². The maximum absolute atomic E-state index is 13.0. The quantitative estimate of drug-likeness (QED) is 0.837. The summed E-state index contributed by atoms with van der Waals surface area (Å²) in [5, 5.41) is 5.82. The van der Waals surface area contributed by atoms with Crippen LogP contribution in [0, 0.1) is 6.92 Å². The lowest BCUT2D eigenvalue weighted by atomic mass is 9.96. The molecule has 24 heavy (non-hydrogen) atoms. The van der Waals surface area contributed by atoms with Crippen molar-refractivity contribution < 1.29 is 9.59 Å². The summed E-state index contributed by atoms with van der Waals surface area (Å²) in [5.74, 6) is -0.0725. The van der Waals surface area contributed by atoms with E-state index in [9.17, 15) is 9.59 Å². The Labute approximate surface area is 143 Å². The molecule has 1 fully saturated rings. The van der Waals surface area contributed by atoms with E-state index < -0.39 is 0 Å². The third-order valence-electron chi connectivity index (χ3n) is 4.95. The Morgan fingerprint density at radius 1 is 1.17 bits per heavy atom. The van der Waals surface area contributed by atoms with Crippen LogP contribution in [0.1, 0.15) is 51.5 Å². The van der Waals surface area contributed by atoms with E-state index in [0.29, 0.717) is 18.6 Å². The zero-order chi connectivity index (χ0) is 17.3. The Kier molecular flexibility index (Phi) is 4.69. The van der Waals surface area contributed by atoms with Gasteiger partial charge < -0.3 is 4.90 Å². The molecule has 2 amide bonds. The van der Waals surface area contributed by atoms with Crippen molar-refractivity contribution in [1.29, 1.82) is 0 Å². The van der Waals surface area contributed by atoms with Crippen LogP contribution in [0.15, 0.2) is 29.4 Å². The van der Waals surface area contributed by atoms with Gasteiger partial charge in [0.05, 0.1) is 5.69 Å². The van der Waals surface area contributed by atoms with Gasteiger partial charge in [-0.1, -0.05) is 12.1 Å². The molecule has 0 radical (unpaired) electrons. The second-order valence-corrected chi connectivity index (χ2v) is 6.93. The molecular weight excluding hydrogens is 302 g/mol. The number of aryl methyl sites for hydroxylation is 1. The number of nitrogens with zero attached hydrogens (tertiary/aromatic N) is 3. The van der Waals surface area contributed by atoms with Crippen LogP contribution >= 0.6 is 0 Å². The highest BCUT2D eigenvalue weighted by atomic mass is 16.2. The highest BCUT2D eigenvalue weighted by Crippen LogP contribution is 2.26. The van der Waals surface area contributed by atoms with Gasteiger partial charge in [0.15, 0.2) is 0 Å². The van der Waals surface area contributed by atoms with E-state index in [4.69, 9.17) is 0 Å². The van der Waals surface area contributed by atoms with Crippen molar-refractivity contribution in [3.05, 3.63) is 29.8 Å². The Balaban J connectivity index is 1.88. The molecule has 2 atom stereocenters. The summed E-state index contributed by atoms with van der Waals surface area (Å²) in [5.41, 5.74) is 2.29. The van der Waals surface area contributed by atoms with Crippen molar-refractivity contribution in [1.82, 2.24) is 4.90 Å². The number of amides is 2. The maximum Gasteiger partial charge on any atom is 0.270 e. The molecular formula is C19H25N3O2. The second-order valence-electron chi connectivity index (χ2n) is 6.93. The topological polar surface area (TPSA) is 53.0 Å². The molecule has 3 rings (SSSR count). The van der Waals surface area contributed by atoms with Crippen molar-refractivity contribution in [2.24, 2.45) is 5.10 Å². The number of hydrogen-bond donors (Lipinski definition) is 0. The minimum absolute atomic E-state index is 0.0140. The first-order valence-electron chi connectivity index (χ1n) is 8.77. The van der Waals surface area contributed by atoms with Crippen molar-refractivity contribution in [2.75, 3.05) is 5.01 Å². The first-order valence-corrected chi connectivity index (χ1v) is 8.77. The minimum Gasteiger partial charge on any atom is -0.332 e. The van der Waals surface area contributed by atoms with Crippen LogP contribution in [0.25, 0.3) is 0 Å². The molecule has 2 aliphatic heterocycles. The van der Waals surface area contributed by atoms with Crippen molar-refractivity contribution >= 4 is 23.2 Å². The fourth-order valence-electron chi connectivity index (χ4n) is 3.64. The number of likely N-dealkylation sites (tertiary alicyclic amines) is 1. The average molecular weight is 327 g/mol. The minimum atomic E-state index is -0.0584. The number of piperidine rings is 1. The molecule has 1 saturated heterocycles. The Hall–Kier alpha value is -2.17. The van der Waals surface area contributed by atoms with Gasteiger partial charge >= 0.3 is 0 Å². The highest BCUT2D eigenvalue weighted by Gasteiger charge is 2.34. The monoisotopic (exact) mass is 327 g/mol. The number of benzene rings is 1. The zero-order valence-corrected chi connectivity index (χ0v) is 14.7. The first-order chi connectivity index (χ1) is 11.5. The number of anilines is 1. The van der Waals surface area contributed by atoms with Crippen molar-refractivity contribution in [2.45, 2.75) is 65.0 Å². The van der Waals surface area contributed by atoms with Gasteiger partial charge in [0.2, 0.25) is 5.91 Å². The Bertz CT molecular complexity index is 673. The van der Waals surface area contributed by atoms with E-state index in [-0.39, 0.29) is 23.9 Å². The normalized spacial score (nSPS) is 24.8. The molecule has 0 N–H and O–H groups in total. The van der Waals surface area contributed by atoms with Crippen molar-refractivity contribution in [3.63, 3.8) is 0 Å². The Morgan fingerprint density at radius 2 is 1.88 bits per heavy atom. The number of rotatable bonds is 2. The molecule has 128 valence electrons. The average Bonchev–Trinajstić information content (AvgIpc) is 2.55. The van der Waals surface area contributed by atoms with Gasteiger partial charge in [-0.2, -0.15) is 5.10 Å². The number of hydrazone groups is 1. The van der Waals surface area contributed by atoms with Crippen molar-refractivity contribution in [3.8, 4) is 0 Å². The molecule has 2 aliphatic rings. The molecule has 1 aromatic rings. The van der Waals surface area contributed by atoms with Crippen LogP contribution in [0.5, 0.6) is 0 Å². The van der Waals surface area contributed by atoms with Crippen LogP contribution in [0.4, 0.5) is 5.69 Å². The van der Waals surface area contributed by atoms with Crippen LogP contribution < -0.4 is 5.01 Å². The summed E-state index contributed by atoms with van der Waals surface area (Å²) in [4.78, 5) is 27.2. The second kappa shape index (κ2) is 6.75. The lowest BCUT2D eigenvalue weighted by molar-refractivity contribution is -0.130. The molecule has 0 aliphatic carbocycles. The number of carbonyl (C=O) groups is 2. The lowest BCUT2D eigenvalue weighted by Crippen LogP contribution is -2.51. The third kappa shape index (κ3) is 3.21. The number of hydrogen-bond acceptors (Lipinski definition) is 3. The first kappa shape index (κ1) is 16.7. The number of carbonyl (C=O) groups excluding carboxylic acids is 2. The Morgan fingerprint density at radius 3 is 2.54 bits per heavy atom. The van der Waals surface area contributed by atoms with E-state index in [1.165, 1.54) is 5.01 Å². The standard InChI is InChI=1S/C19H25N3O2/c1-13-6-4-9-16(12-13)22-18(23)11-10-17(20-22)19(24)21-14(2)7-5-8-15(21)3/h4,6,9,12,14-15H,5,7-8,10-11H2,1-3H3/t14-,15-/m1/s1. The van der Waals surface area contributed by atoms with Gasteiger partial charge in [0.25, 0.3) is 5.91 Å². The summed E-state index contributed by atoms with van der Waals surface area (Å²) >= 11 is 0. The molecule has 0 saturated carbocycles. The molecule has 1 aromatic carbocycles. The largest absolute Gasteiger partial charge is 0.332 e. The lowest BCUT2D eigenvalue weighted by Gasteiger charge is -2.39. The van der Waals surface area contributed by atoms with Gasteiger partial charge in [0, 0.05) is 24.9 Å². The van der Waals surface area contributed by atoms with E-state index >= 15 is 0 Å². The van der Waals surface area contributed by atoms with Crippen LogP contribution in [-0.4, -0.2) is 34.5 Å². The summed E-state index contributed by atoms with van der Waals surface area (Å²) in [6.07, 6.45) is 3.98. The molecule has 0 spiro atoms. The molecule has 5 heteroatoms. The zero-order valence-electron chi connectivity index (χ0n) is 14.7. The van der Waals surface area contributed by atoms with Gasteiger partial charge in [-0.05, 0) is 57.7 Å². The van der Waals surface area contributed by atoms with Crippen LogP contribution in [0.3, 0.4) is 0 Å². The smallest absolute Gasteiger partial charge is 0.270 e. The SMILES string of the molecule is Cc1cccc(N2N=C(C(=O)N3[C@H](C)CCC[C@H]3C)CCC2=O)c1. The van der Waals surface area contributed by atoms with E-state index in [1.807, 2.05) is 36.1 Å². The molecule has 0 bridgehead atoms. The van der Waals surface area contributed by atoms with E-state index in [2.05, 4.69) is 18.9 Å². The van der Waals surface area contributed by atoms with Gasteiger partial charge in [-0.15, -0.1) is 0 Å². The predicted molar refractivity (Wildman–Crippen MR) is 95.0 cm³/mol. The van der Waals surface area contributed by atoms with Crippen LogP contribution in [-0.2, 0) is 9.59 Å². The highest BCUT2D eigenvalue weighted by molar-refractivity contribution is 6.40. The molecule has 2 heterocycles. The third-order valence-corrected chi connectivity index (χ3v) is 4.95. The summed E-state index contributed by atoms with van der Waals surface area (Å²) in [6.45, 7) is 6.17. The van der Waals surface area contributed by atoms with Gasteiger partial charge in [-0.25, -0.2) is 5.01 Å². The summed E-state index contributed by atoms with van der Waals surface area (Å²) in [6, 6.07) is 8.11. The van der Waals surface area contributed by atoms with E-state index in [1.54, 1.807) is 0 Å². The fourth-order valence-corrected chi connectivity index (χ4v) is 3.64. The maximum atomic E-state index is 13.0. The molecule has 0 unspecified atom stereocenters. The predicted octanol–water partition coefficient (Wildman–Crippen LogP) is 3.27. The van der Waals surface area contributed by atoms with Gasteiger partial charge in [0.1, 0.15) is 5.71 Å². The summed E-state index contributed by atoms with van der Waals surface area (Å²) in [7, 11) is 0.